The van der Waals surface area contributed by atoms with Crippen molar-refractivity contribution in [2.45, 2.75) is 31.7 Å². The first-order valence-corrected chi connectivity index (χ1v) is 10.5. The highest BCUT2D eigenvalue weighted by Gasteiger charge is 2.46. The Hall–Kier alpha value is -2.99. The second-order valence-corrected chi connectivity index (χ2v) is 8.15. The Morgan fingerprint density at radius 1 is 1.03 bits per heavy atom. The summed E-state index contributed by atoms with van der Waals surface area (Å²) < 4.78 is 4.70. The smallest absolute Gasteiger partial charge is 0.337 e. The van der Waals surface area contributed by atoms with Gasteiger partial charge >= 0.3 is 5.97 Å². The van der Waals surface area contributed by atoms with Crippen molar-refractivity contribution in [1.82, 2.24) is 0 Å². The number of nitrogens with zero attached hydrogens (tertiary/aromatic N) is 1. The van der Waals surface area contributed by atoms with Crippen LogP contribution >= 0.6 is 0 Å². The number of quaternary nitrogens is 1. The molecule has 0 saturated carbocycles. The van der Waals surface area contributed by atoms with Crippen LogP contribution in [-0.4, -0.2) is 44.0 Å². The summed E-state index contributed by atoms with van der Waals surface area (Å²) in [4.78, 5) is 39.8. The largest absolute Gasteiger partial charge is 0.465 e. The number of hydrogen-bond acceptors (Lipinski definition) is 4. The van der Waals surface area contributed by atoms with Crippen LogP contribution in [0.15, 0.2) is 54.6 Å². The van der Waals surface area contributed by atoms with Gasteiger partial charge in [-0.3, -0.25) is 9.59 Å². The zero-order valence-electron chi connectivity index (χ0n) is 17.2. The number of piperidine rings is 1. The first-order chi connectivity index (χ1) is 14.6. The molecule has 30 heavy (non-hydrogen) atoms. The third kappa shape index (κ3) is 4.14. The van der Waals surface area contributed by atoms with E-state index in [1.165, 1.54) is 22.5 Å². The quantitative estimate of drug-likeness (QED) is 0.605. The summed E-state index contributed by atoms with van der Waals surface area (Å²) in [6.07, 6.45) is 3.45. The zero-order valence-corrected chi connectivity index (χ0v) is 17.2. The minimum absolute atomic E-state index is 0.137. The van der Waals surface area contributed by atoms with Crippen molar-refractivity contribution in [3.63, 3.8) is 0 Å². The summed E-state index contributed by atoms with van der Waals surface area (Å²) in [6, 6.07) is 16.6. The van der Waals surface area contributed by atoms with E-state index >= 15 is 0 Å². The number of likely N-dealkylation sites (tertiary alicyclic amines) is 1. The fourth-order valence-corrected chi connectivity index (χ4v) is 4.63. The maximum absolute atomic E-state index is 13.1. The number of esters is 1. The van der Waals surface area contributed by atoms with Crippen LogP contribution in [0.1, 0.15) is 35.2 Å². The van der Waals surface area contributed by atoms with Crippen LogP contribution in [-0.2, 0) is 20.7 Å². The van der Waals surface area contributed by atoms with E-state index in [2.05, 4.69) is 24.3 Å². The van der Waals surface area contributed by atoms with E-state index in [0.717, 1.165) is 32.4 Å². The van der Waals surface area contributed by atoms with Crippen molar-refractivity contribution < 1.29 is 24.0 Å². The molecule has 2 aromatic rings. The van der Waals surface area contributed by atoms with Crippen molar-refractivity contribution in [2.75, 3.05) is 25.1 Å². The molecule has 0 bridgehead atoms. The predicted octanol–water partition coefficient (Wildman–Crippen LogP) is 1.64. The number of rotatable bonds is 5. The molecule has 1 atom stereocenters. The Balaban J connectivity index is 1.38. The highest BCUT2D eigenvalue weighted by atomic mass is 16.5. The summed E-state index contributed by atoms with van der Waals surface area (Å²) >= 11 is 0. The summed E-state index contributed by atoms with van der Waals surface area (Å²) in [5, 5.41) is 0. The molecule has 2 saturated heterocycles. The lowest BCUT2D eigenvalue weighted by Crippen LogP contribution is -3.17. The molecule has 2 aliphatic heterocycles. The lowest BCUT2D eigenvalue weighted by atomic mass is 9.89. The molecule has 2 fully saturated rings. The minimum Gasteiger partial charge on any atom is -0.465 e. The standard InChI is InChI=1S/C24H26N2O4/c1-30-24(29)19-7-9-20(10-8-19)26-22(27)16-21(23(26)28)25-13-11-18(12-14-25)15-17-5-3-2-4-6-17/h2-10,18,21H,11-16H2,1H3/p+1/t21-/m0/s1. The van der Waals surface area contributed by atoms with Crippen LogP contribution in [0, 0.1) is 5.92 Å². The van der Waals surface area contributed by atoms with Crippen LogP contribution in [0.4, 0.5) is 5.69 Å². The fourth-order valence-electron chi connectivity index (χ4n) is 4.63. The monoisotopic (exact) mass is 407 g/mol. The molecule has 2 aromatic carbocycles. The van der Waals surface area contributed by atoms with E-state index in [-0.39, 0.29) is 24.3 Å². The third-order valence-corrected chi connectivity index (χ3v) is 6.30. The van der Waals surface area contributed by atoms with Gasteiger partial charge < -0.3 is 9.64 Å². The Morgan fingerprint density at radius 2 is 1.70 bits per heavy atom. The number of carbonyl (C=O) groups excluding carboxylic acids is 3. The molecule has 2 aliphatic rings. The van der Waals surface area contributed by atoms with Crippen molar-refractivity contribution in [3.8, 4) is 0 Å². The average molecular weight is 407 g/mol. The summed E-state index contributed by atoms with van der Waals surface area (Å²) in [5.74, 6) is -0.122. The minimum atomic E-state index is -0.443. The van der Waals surface area contributed by atoms with E-state index in [1.807, 2.05) is 6.07 Å². The number of imide groups is 1. The van der Waals surface area contributed by atoms with E-state index in [4.69, 9.17) is 4.74 Å². The van der Waals surface area contributed by atoms with Gasteiger partial charge in [0.25, 0.3) is 5.91 Å². The molecule has 0 aromatic heterocycles. The van der Waals surface area contributed by atoms with E-state index < -0.39 is 5.97 Å². The van der Waals surface area contributed by atoms with Gasteiger partial charge in [-0.25, -0.2) is 9.69 Å². The van der Waals surface area contributed by atoms with E-state index in [9.17, 15) is 14.4 Å². The maximum Gasteiger partial charge on any atom is 0.337 e. The van der Waals surface area contributed by atoms with Crippen LogP contribution in [0.5, 0.6) is 0 Å². The fraction of sp³-hybridized carbons (Fsp3) is 0.375. The first-order valence-electron chi connectivity index (χ1n) is 10.5. The summed E-state index contributed by atoms with van der Waals surface area (Å²) in [5.41, 5.74) is 2.26. The lowest BCUT2D eigenvalue weighted by Gasteiger charge is -2.32. The second kappa shape index (κ2) is 8.79. The first kappa shape index (κ1) is 20.3. The Morgan fingerprint density at radius 3 is 2.33 bits per heavy atom. The Bertz CT molecular complexity index is 918. The molecule has 0 spiro atoms. The van der Waals surface area contributed by atoms with Gasteiger partial charge in [0.1, 0.15) is 0 Å². The summed E-state index contributed by atoms with van der Waals surface area (Å²) in [6.45, 7) is 1.83. The highest BCUT2D eigenvalue weighted by Crippen LogP contribution is 2.24. The number of anilines is 1. The number of hydrogen-bond donors (Lipinski definition) is 1. The van der Waals surface area contributed by atoms with Gasteiger partial charge in [-0.15, -0.1) is 0 Å². The number of methoxy groups -OCH3 is 1. The van der Waals surface area contributed by atoms with Gasteiger partial charge in [0, 0.05) is 0 Å². The summed E-state index contributed by atoms with van der Waals surface area (Å²) in [7, 11) is 1.32. The maximum atomic E-state index is 13.1. The molecule has 0 unspecified atom stereocenters. The Labute approximate surface area is 176 Å². The predicted molar refractivity (Wildman–Crippen MR) is 112 cm³/mol. The topological polar surface area (TPSA) is 68.1 Å². The number of amides is 2. The van der Waals surface area contributed by atoms with Crippen LogP contribution < -0.4 is 9.80 Å². The molecule has 0 radical (unpaired) electrons. The molecule has 2 amide bonds. The molecule has 6 nitrogen and oxygen atoms in total. The molecule has 6 heteroatoms. The third-order valence-electron chi connectivity index (χ3n) is 6.30. The van der Waals surface area contributed by atoms with Crippen molar-refractivity contribution in [1.29, 1.82) is 0 Å². The molecular formula is C24H27N2O4+. The Kier molecular flexibility index (Phi) is 5.95. The molecule has 1 N–H and O–H groups in total. The normalized spacial score (nSPS) is 24.2. The van der Waals surface area contributed by atoms with Gasteiger partial charge in [-0.05, 0) is 55.0 Å². The number of nitrogens with one attached hydrogen (secondary N) is 1. The highest BCUT2D eigenvalue weighted by molar-refractivity contribution is 6.21. The number of benzene rings is 2. The van der Waals surface area contributed by atoms with Gasteiger partial charge in [0.15, 0.2) is 6.04 Å². The second-order valence-electron chi connectivity index (χ2n) is 8.15. The van der Waals surface area contributed by atoms with E-state index in [0.29, 0.717) is 17.2 Å². The molecule has 2 heterocycles. The number of ether oxygens (including phenoxy) is 1. The molecule has 4 rings (SSSR count). The molecular weight excluding hydrogens is 380 g/mol. The molecule has 0 aliphatic carbocycles. The lowest BCUT2D eigenvalue weighted by molar-refractivity contribution is -0.920. The number of carbonyl (C=O) groups is 3. The van der Waals surface area contributed by atoms with Crippen LogP contribution in [0.2, 0.25) is 0 Å². The van der Waals surface area contributed by atoms with Gasteiger partial charge in [0.05, 0.1) is 37.9 Å². The van der Waals surface area contributed by atoms with Crippen molar-refractivity contribution in [3.05, 3.63) is 65.7 Å². The van der Waals surface area contributed by atoms with Crippen LogP contribution in [0.3, 0.4) is 0 Å². The van der Waals surface area contributed by atoms with Gasteiger partial charge in [-0.1, -0.05) is 30.3 Å². The average Bonchev–Trinajstić information content (AvgIpc) is 3.08. The zero-order chi connectivity index (χ0) is 21.1. The van der Waals surface area contributed by atoms with Crippen molar-refractivity contribution in [2.24, 2.45) is 5.92 Å². The SMILES string of the molecule is COC(=O)c1ccc(N2C(=O)C[C@H]([NH+]3CCC(Cc4ccccc4)CC3)C2=O)cc1. The van der Waals surface area contributed by atoms with Crippen molar-refractivity contribution >= 4 is 23.5 Å². The van der Waals surface area contributed by atoms with E-state index in [1.54, 1.807) is 24.3 Å². The van der Waals surface area contributed by atoms with Gasteiger partial charge in [-0.2, -0.15) is 0 Å². The van der Waals surface area contributed by atoms with Gasteiger partial charge in [0.2, 0.25) is 5.91 Å². The van der Waals surface area contributed by atoms with Crippen LogP contribution in [0.25, 0.3) is 0 Å². The molecule has 156 valence electrons.